The summed E-state index contributed by atoms with van der Waals surface area (Å²) >= 11 is 0. The minimum atomic E-state index is -0.261. The molecule has 1 aromatic carbocycles. The molecular weight excluding hydrogens is 379 g/mol. The molecule has 0 saturated carbocycles. The van der Waals surface area contributed by atoms with E-state index < -0.39 is 0 Å². The summed E-state index contributed by atoms with van der Waals surface area (Å²) in [5, 5.41) is 0. The van der Waals surface area contributed by atoms with Crippen molar-refractivity contribution in [3.05, 3.63) is 60.7 Å². The van der Waals surface area contributed by atoms with Crippen molar-refractivity contribution in [1.29, 1.82) is 0 Å². The Labute approximate surface area is 179 Å². The Kier molecular flexibility index (Phi) is 10.8. The topological polar surface area (TPSA) is 44.2 Å². The fourth-order valence-electron chi connectivity index (χ4n) is 2.97. The van der Waals surface area contributed by atoms with Crippen molar-refractivity contribution in [3.8, 4) is 17.1 Å². The molecule has 2 aromatic rings. The van der Waals surface area contributed by atoms with Gasteiger partial charge < -0.3 is 9.47 Å². The molecule has 0 N–H and O–H groups in total. The third-order valence-electron chi connectivity index (χ3n) is 4.72. The highest BCUT2D eigenvalue weighted by Crippen LogP contribution is 2.22. The first-order chi connectivity index (χ1) is 14.6. The maximum atomic E-state index is 14.5. The molecule has 1 heterocycles. The normalized spacial score (nSPS) is 12.2. The first kappa shape index (κ1) is 23.7. The van der Waals surface area contributed by atoms with E-state index >= 15 is 0 Å². The van der Waals surface area contributed by atoms with Crippen LogP contribution in [-0.4, -0.2) is 29.3 Å². The highest BCUT2D eigenvalue weighted by Gasteiger charge is 2.06. The Hall–Kier alpha value is -2.53. The van der Waals surface area contributed by atoms with Gasteiger partial charge in [0.15, 0.2) is 0 Å². The van der Waals surface area contributed by atoms with E-state index in [-0.39, 0.29) is 17.9 Å². The number of hydrogen-bond acceptors (Lipinski definition) is 4. The average molecular weight is 413 g/mol. The molecule has 2 rings (SSSR count). The lowest BCUT2D eigenvalue weighted by Gasteiger charge is -2.12. The summed E-state index contributed by atoms with van der Waals surface area (Å²) in [7, 11) is 0. The van der Waals surface area contributed by atoms with E-state index in [0.29, 0.717) is 12.2 Å². The molecule has 162 valence electrons. The van der Waals surface area contributed by atoms with Crippen LogP contribution < -0.4 is 4.74 Å². The third kappa shape index (κ3) is 8.46. The predicted molar refractivity (Wildman–Crippen MR) is 121 cm³/mol. The van der Waals surface area contributed by atoms with Crippen molar-refractivity contribution in [2.45, 2.75) is 58.5 Å². The quantitative estimate of drug-likeness (QED) is 0.258. The van der Waals surface area contributed by atoms with Crippen molar-refractivity contribution < 1.29 is 13.9 Å². The zero-order chi connectivity index (χ0) is 21.6. The third-order valence-corrected chi connectivity index (χ3v) is 4.72. The fraction of sp³-hybridized carbons (Fsp3) is 0.440. The standard InChI is InChI=1S/C25H33FN2O2/c1-4-6-10-16-29-20(3)11-8-7-9-12-21-13-14-22(17-24(21)26)23-18-27-25(28-19-23)30-15-5-2/h5,9,12-14,17-20H,2,4,6-8,10-11,15-16H2,1,3H3/b12-9+. The summed E-state index contributed by atoms with van der Waals surface area (Å²) in [4.78, 5) is 8.26. The van der Waals surface area contributed by atoms with Gasteiger partial charge in [-0.2, -0.15) is 0 Å². The molecule has 0 saturated heterocycles. The molecule has 0 bridgehead atoms. The molecule has 0 aliphatic carbocycles. The molecule has 0 fully saturated rings. The lowest BCUT2D eigenvalue weighted by atomic mass is 10.1. The van der Waals surface area contributed by atoms with Gasteiger partial charge in [-0.05, 0) is 44.2 Å². The largest absolute Gasteiger partial charge is 0.459 e. The number of benzene rings is 1. The van der Waals surface area contributed by atoms with Crippen LogP contribution in [0.1, 0.15) is 57.9 Å². The van der Waals surface area contributed by atoms with Gasteiger partial charge in [-0.3, -0.25) is 0 Å². The fourth-order valence-corrected chi connectivity index (χ4v) is 2.97. The number of allylic oxidation sites excluding steroid dienone is 1. The zero-order valence-electron chi connectivity index (χ0n) is 18.1. The van der Waals surface area contributed by atoms with Crippen LogP contribution in [0.2, 0.25) is 0 Å². The van der Waals surface area contributed by atoms with E-state index in [1.165, 1.54) is 18.9 Å². The molecular formula is C25H33FN2O2. The van der Waals surface area contributed by atoms with Crippen LogP contribution in [-0.2, 0) is 4.74 Å². The monoisotopic (exact) mass is 412 g/mol. The minimum Gasteiger partial charge on any atom is -0.459 e. The van der Waals surface area contributed by atoms with Crippen LogP contribution in [0, 0.1) is 5.82 Å². The van der Waals surface area contributed by atoms with Gasteiger partial charge >= 0.3 is 6.01 Å². The summed E-state index contributed by atoms with van der Waals surface area (Å²) in [6.45, 7) is 9.09. The Morgan fingerprint density at radius 3 is 2.63 bits per heavy atom. The van der Waals surface area contributed by atoms with E-state index in [9.17, 15) is 4.39 Å². The molecule has 30 heavy (non-hydrogen) atoms. The Morgan fingerprint density at radius 2 is 1.93 bits per heavy atom. The van der Waals surface area contributed by atoms with E-state index in [1.54, 1.807) is 24.5 Å². The Balaban J connectivity index is 1.80. The first-order valence-corrected chi connectivity index (χ1v) is 10.8. The van der Waals surface area contributed by atoms with Gasteiger partial charge in [0.1, 0.15) is 12.4 Å². The van der Waals surface area contributed by atoms with Gasteiger partial charge in [-0.25, -0.2) is 14.4 Å². The van der Waals surface area contributed by atoms with Crippen LogP contribution in [0.3, 0.4) is 0 Å². The molecule has 1 atom stereocenters. The summed E-state index contributed by atoms with van der Waals surface area (Å²) in [6.07, 6.45) is 15.6. The van der Waals surface area contributed by atoms with Crippen molar-refractivity contribution in [1.82, 2.24) is 9.97 Å². The molecule has 0 radical (unpaired) electrons. The molecule has 1 unspecified atom stereocenters. The highest BCUT2D eigenvalue weighted by atomic mass is 19.1. The second-order valence-corrected chi connectivity index (χ2v) is 7.31. The second-order valence-electron chi connectivity index (χ2n) is 7.31. The minimum absolute atomic E-state index is 0.261. The molecule has 0 spiro atoms. The number of hydrogen-bond donors (Lipinski definition) is 0. The van der Waals surface area contributed by atoms with Gasteiger partial charge in [0, 0.05) is 30.1 Å². The summed E-state index contributed by atoms with van der Waals surface area (Å²) in [5.74, 6) is -0.261. The molecule has 4 nitrogen and oxygen atoms in total. The SMILES string of the molecule is C=CCOc1ncc(-c2ccc(/C=C/CCCC(C)OCCCCC)c(F)c2)cn1. The number of rotatable bonds is 14. The van der Waals surface area contributed by atoms with E-state index in [4.69, 9.17) is 9.47 Å². The summed E-state index contributed by atoms with van der Waals surface area (Å²) in [6, 6.07) is 5.44. The zero-order valence-corrected chi connectivity index (χ0v) is 18.1. The van der Waals surface area contributed by atoms with Gasteiger partial charge in [0.25, 0.3) is 0 Å². The summed E-state index contributed by atoms with van der Waals surface area (Å²) < 4.78 is 25.5. The number of unbranched alkanes of at least 4 members (excludes halogenated alkanes) is 3. The second kappa shape index (κ2) is 13.6. The van der Waals surface area contributed by atoms with Crippen LogP contribution in [0.4, 0.5) is 4.39 Å². The Bertz CT molecular complexity index is 790. The number of ether oxygens (including phenoxy) is 2. The number of nitrogens with zero attached hydrogens (tertiary/aromatic N) is 2. The molecule has 0 amide bonds. The predicted octanol–water partition coefficient (Wildman–Crippen LogP) is 6.63. The van der Waals surface area contributed by atoms with E-state index in [1.807, 2.05) is 18.2 Å². The van der Waals surface area contributed by atoms with Gasteiger partial charge in [0.05, 0.1) is 6.10 Å². The van der Waals surface area contributed by atoms with Crippen LogP contribution in [0.15, 0.2) is 49.3 Å². The van der Waals surface area contributed by atoms with E-state index in [0.717, 1.165) is 43.4 Å². The maximum Gasteiger partial charge on any atom is 0.316 e. The lowest BCUT2D eigenvalue weighted by molar-refractivity contribution is 0.0566. The molecule has 1 aromatic heterocycles. The summed E-state index contributed by atoms with van der Waals surface area (Å²) in [5.41, 5.74) is 2.05. The first-order valence-electron chi connectivity index (χ1n) is 10.8. The van der Waals surface area contributed by atoms with Crippen LogP contribution >= 0.6 is 0 Å². The molecule has 0 aliphatic rings. The van der Waals surface area contributed by atoms with Gasteiger partial charge in [0.2, 0.25) is 0 Å². The smallest absolute Gasteiger partial charge is 0.316 e. The number of aromatic nitrogens is 2. The van der Waals surface area contributed by atoms with Gasteiger partial charge in [-0.1, -0.05) is 56.7 Å². The molecule has 0 aliphatic heterocycles. The Morgan fingerprint density at radius 1 is 1.13 bits per heavy atom. The maximum absolute atomic E-state index is 14.5. The number of halogens is 1. The van der Waals surface area contributed by atoms with Crippen molar-refractivity contribution >= 4 is 6.08 Å². The van der Waals surface area contributed by atoms with Crippen molar-refractivity contribution in [2.24, 2.45) is 0 Å². The van der Waals surface area contributed by atoms with Crippen LogP contribution in [0.25, 0.3) is 17.2 Å². The highest BCUT2D eigenvalue weighted by molar-refractivity contribution is 5.64. The van der Waals surface area contributed by atoms with E-state index in [2.05, 4.69) is 30.4 Å². The molecule has 5 heteroatoms. The lowest BCUT2D eigenvalue weighted by Crippen LogP contribution is -2.08. The van der Waals surface area contributed by atoms with Crippen LogP contribution in [0.5, 0.6) is 6.01 Å². The van der Waals surface area contributed by atoms with Crippen molar-refractivity contribution in [3.63, 3.8) is 0 Å². The van der Waals surface area contributed by atoms with Crippen molar-refractivity contribution in [2.75, 3.05) is 13.2 Å². The van der Waals surface area contributed by atoms with Gasteiger partial charge in [-0.15, -0.1) is 0 Å². The average Bonchev–Trinajstić information content (AvgIpc) is 2.76.